The number of hydrogen-bond donors (Lipinski definition) is 1. The van der Waals surface area contributed by atoms with E-state index in [-0.39, 0.29) is 30.5 Å². The van der Waals surface area contributed by atoms with E-state index >= 15 is 0 Å². The van der Waals surface area contributed by atoms with Crippen molar-refractivity contribution in [3.63, 3.8) is 0 Å². The first-order valence-electron chi connectivity index (χ1n) is 5.95. The first-order valence-corrected chi connectivity index (χ1v) is 5.95. The zero-order chi connectivity index (χ0) is 13.0. The lowest BCUT2D eigenvalue weighted by molar-refractivity contribution is -0.140. The van der Waals surface area contributed by atoms with Crippen molar-refractivity contribution in [3.8, 4) is 0 Å². The van der Waals surface area contributed by atoms with Crippen LogP contribution in [0.4, 0.5) is 13.2 Å². The Hall–Kier alpha value is -0.780. The molecular weight excluding hydrogens is 279 g/mol. The second-order valence-corrected chi connectivity index (χ2v) is 5.16. The summed E-state index contributed by atoms with van der Waals surface area (Å²) in [7, 11) is 0. The monoisotopic (exact) mass is 293 g/mol. The highest BCUT2D eigenvalue weighted by Crippen LogP contribution is 2.44. The zero-order valence-corrected chi connectivity index (χ0v) is 11.2. The predicted molar refractivity (Wildman–Crippen MR) is 67.5 cm³/mol. The Morgan fingerprint density at radius 1 is 1.37 bits per heavy atom. The Morgan fingerprint density at radius 3 is 2.79 bits per heavy atom. The molecule has 0 spiro atoms. The van der Waals surface area contributed by atoms with Gasteiger partial charge in [0.15, 0.2) is 0 Å². The summed E-state index contributed by atoms with van der Waals surface area (Å²) in [5, 5.41) is 3.20. The minimum atomic E-state index is -4.31. The van der Waals surface area contributed by atoms with Crippen LogP contribution in [-0.2, 0) is 17.5 Å². The van der Waals surface area contributed by atoms with Crippen LogP contribution in [0, 0.1) is 0 Å². The molecule has 1 aromatic carbocycles. The molecule has 1 N–H and O–H groups in total. The van der Waals surface area contributed by atoms with E-state index in [1.165, 1.54) is 6.07 Å². The molecule has 1 aromatic rings. The number of rotatable bonds is 0. The summed E-state index contributed by atoms with van der Waals surface area (Å²) in [5.74, 6) is 0.00329. The van der Waals surface area contributed by atoms with E-state index in [0.29, 0.717) is 18.7 Å². The molecule has 0 amide bonds. The van der Waals surface area contributed by atoms with Crippen molar-refractivity contribution >= 4 is 12.4 Å². The fraction of sp³-hybridized carbons (Fsp3) is 0.538. The molecule has 0 aromatic heterocycles. The van der Waals surface area contributed by atoms with Crippen LogP contribution in [0.1, 0.15) is 29.5 Å². The van der Waals surface area contributed by atoms with Gasteiger partial charge in [0, 0.05) is 19.0 Å². The zero-order valence-electron chi connectivity index (χ0n) is 10.4. The summed E-state index contributed by atoms with van der Waals surface area (Å²) in [6.07, 6.45) is -4.31. The Kier molecular flexibility index (Phi) is 3.58. The SMILES string of the molecule is C[C@]12CNC[C@H]1c1cccc(C(F)(F)F)c1CO2.Cl. The summed E-state index contributed by atoms with van der Waals surface area (Å²) >= 11 is 0. The van der Waals surface area contributed by atoms with Crippen LogP contribution in [0.15, 0.2) is 18.2 Å². The molecule has 0 radical (unpaired) electrons. The van der Waals surface area contributed by atoms with E-state index in [0.717, 1.165) is 11.6 Å². The van der Waals surface area contributed by atoms with E-state index < -0.39 is 11.7 Å². The van der Waals surface area contributed by atoms with E-state index in [4.69, 9.17) is 4.74 Å². The third kappa shape index (κ3) is 2.24. The molecule has 6 heteroatoms. The van der Waals surface area contributed by atoms with Crippen molar-refractivity contribution in [3.05, 3.63) is 34.9 Å². The highest BCUT2D eigenvalue weighted by Gasteiger charge is 2.46. The topological polar surface area (TPSA) is 21.3 Å². The molecule has 1 fully saturated rings. The molecule has 2 aliphatic heterocycles. The van der Waals surface area contributed by atoms with Crippen LogP contribution in [0.25, 0.3) is 0 Å². The summed E-state index contributed by atoms with van der Waals surface area (Å²) in [6.45, 7) is 3.36. The van der Waals surface area contributed by atoms with E-state index in [9.17, 15) is 13.2 Å². The van der Waals surface area contributed by atoms with Crippen LogP contribution >= 0.6 is 12.4 Å². The molecule has 2 nitrogen and oxygen atoms in total. The lowest BCUT2D eigenvalue weighted by atomic mass is 9.80. The van der Waals surface area contributed by atoms with Crippen molar-refractivity contribution in [1.82, 2.24) is 5.32 Å². The number of hydrogen-bond acceptors (Lipinski definition) is 2. The van der Waals surface area contributed by atoms with Gasteiger partial charge < -0.3 is 10.1 Å². The lowest BCUT2D eigenvalue weighted by Gasteiger charge is -2.38. The second kappa shape index (κ2) is 4.65. The van der Waals surface area contributed by atoms with Crippen molar-refractivity contribution in [2.75, 3.05) is 13.1 Å². The molecule has 0 unspecified atom stereocenters. The lowest BCUT2D eigenvalue weighted by Crippen LogP contribution is -2.40. The van der Waals surface area contributed by atoms with E-state index in [1.54, 1.807) is 6.07 Å². The van der Waals surface area contributed by atoms with Gasteiger partial charge in [0.25, 0.3) is 0 Å². The Labute approximate surface area is 115 Å². The summed E-state index contributed by atoms with van der Waals surface area (Å²) in [5.41, 5.74) is 0.144. The van der Waals surface area contributed by atoms with E-state index in [2.05, 4.69) is 5.32 Å². The van der Waals surface area contributed by atoms with Crippen LogP contribution in [0.3, 0.4) is 0 Å². The van der Waals surface area contributed by atoms with Gasteiger partial charge in [0.05, 0.1) is 17.8 Å². The standard InChI is InChI=1S/C13H14F3NO.ClH/c1-12-7-17-5-11(12)8-3-2-4-10(13(14,15)16)9(8)6-18-12;/h2-4,11,17H,5-7H2,1H3;1H/t11-,12-;/m0./s1. The average Bonchev–Trinajstić information content (AvgIpc) is 2.69. The fourth-order valence-electron chi connectivity index (χ4n) is 2.99. The molecule has 2 aliphatic rings. The minimum Gasteiger partial charge on any atom is -0.369 e. The van der Waals surface area contributed by atoms with Crippen molar-refractivity contribution in [1.29, 1.82) is 0 Å². The summed E-state index contributed by atoms with van der Waals surface area (Å²) < 4.78 is 44.5. The molecule has 19 heavy (non-hydrogen) atoms. The number of ether oxygens (including phenoxy) is 1. The maximum absolute atomic E-state index is 12.9. The Morgan fingerprint density at radius 2 is 2.11 bits per heavy atom. The van der Waals surface area contributed by atoms with Crippen molar-refractivity contribution in [2.45, 2.75) is 31.2 Å². The highest BCUT2D eigenvalue weighted by molar-refractivity contribution is 5.85. The molecule has 0 bridgehead atoms. The van der Waals surface area contributed by atoms with E-state index in [1.807, 2.05) is 6.92 Å². The Balaban J connectivity index is 0.00000133. The fourth-order valence-corrected chi connectivity index (χ4v) is 2.99. The molecule has 1 saturated heterocycles. The van der Waals surface area contributed by atoms with Gasteiger partial charge in [-0.1, -0.05) is 12.1 Å². The smallest absolute Gasteiger partial charge is 0.369 e. The van der Waals surface area contributed by atoms with Gasteiger partial charge in [-0.15, -0.1) is 12.4 Å². The predicted octanol–water partition coefficient (Wildman–Crippen LogP) is 3.10. The van der Waals surface area contributed by atoms with Gasteiger partial charge in [-0.05, 0) is 24.1 Å². The van der Waals surface area contributed by atoms with Gasteiger partial charge in [0.1, 0.15) is 0 Å². The normalized spacial score (nSPS) is 29.4. The third-order valence-corrected chi connectivity index (χ3v) is 4.00. The number of nitrogens with one attached hydrogen (secondary N) is 1. The molecule has 0 saturated carbocycles. The number of alkyl halides is 3. The molecule has 2 atom stereocenters. The molecule has 2 heterocycles. The number of fused-ring (bicyclic) bond motifs is 3. The first-order chi connectivity index (χ1) is 8.42. The number of benzene rings is 1. The molecular formula is C13H15ClF3NO. The van der Waals surface area contributed by atoms with Crippen LogP contribution in [0.5, 0.6) is 0 Å². The van der Waals surface area contributed by atoms with Crippen molar-refractivity contribution in [2.24, 2.45) is 0 Å². The summed E-state index contributed by atoms with van der Waals surface area (Å²) in [4.78, 5) is 0. The highest BCUT2D eigenvalue weighted by atomic mass is 35.5. The summed E-state index contributed by atoms with van der Waals surface area (Å²) in [6, 6.07) is 4.42. The van der Waals surface area contributed by atoms with Gasteiger partial charge in [-0.3, -0.25) is 0 Å². The van der Waals surface area contributed by atoms with Crippen LogP contribution < -0.4 is 5.32 Å². The molecule has 3 rings (SSSR count). The van der Waals surface area contributed by atoms with Gasteiger partial charge in [-0.25, -0.2) is 0 Å². The Bertz CT molecular complexity index is 491. The second-order valence-electron chi connectivity index (χ2n) is 5.16. The molecule has 0 aliphatic carbocycles. The maximum atomic E-state index is 12.9. The molecule has 106 valence electrons. The third-order valence-electron chi connectivity index (χ3n) is 4.00. The first kappa shape index (κ1) is 14.6. The largest absolute Gasteiger partial charge is 0.416 e. The average molecular weight is 294 g/mol. The quantitative estimate of drug-likeness (QED) is 0.794. The van der Waals surface area contributed by atoms with Crippen LogP contribution in [-0.4, -0.2) is 18.7 Å². The minimum absolute atomic E-state index is 0. The van der Waals surface area contributed by atoms with Gasteiger partial charge in [-0.2, -0.15) is 13.2 Å². The van der Waals surface area contributed by atoms with Gasteiger partial charge >= 0.3 is 6.18 Å². The maximum Gasteiger partial charge on any atom is 0.416 e. The van der Waals surface area contributed by atoms with Gasteiger partial charge in [0.2, 0.25) is 0 Å². The van der Waals surface area contributed by atoms with Crippen molar-refractivity contribution < 1.29 is 17.9 Å². The van der Waals surface area contributed by atoms with Crippen LogP contribution in [0.2, 0.25) is 0 Å². The number of halogens is 4.